The second-order valence-corrected chi connectivity index (χ2v) is 5.16. The molecular formula is C13H20FN3O. The highest BCUT2D eigenvalue weighted by molar-refractivity contribution is 5.81. The van der Waals surface area contributed by atoms with Crippen LogP contribution in [-0.2, 0) is 11.3 Å². The summed E-state index contributed by atoms with van der Waals surface area (Å²) in [6, 6.07) is 6.34. The van der Waals surface area contributed by atoms with Crippen LogP contribution in [0.5, 0.6) is 0 Å². The monoisotopic (exact) mass is 253 g/mol. The molecule has 0 atom stereocenters. The fraction of sp³-hybridized carbons (Fsp3) is 0.462. The molecule has 1 aromatic carbocycles. The fourth-order valence-corrected chi connectivity index (χ4v) is 1.90. The van der Waals surface area contributed by atoms with E-state index in [1.54, 1.807) is 12.1 Å². The zero-order valence-electron chi connectivity index (χ0n) is 11.0. The molecule has 1 amide bonds. The molecule has 5 heteroatoms. The number of hydrazine groups is 1. The van der Waals surface area contributed by atoms with E-state index in [1.165, 1.54) is 12.1 Å². The number of hydrogen-bond donors (Lipinski definition) is 2. The van der Waals surface area contributed by atoms with Crippen molar-refractivity contribution in [2.45, 2.75) is 20.4 Å². The molecule has 4 nitrogen and oxygen atoms in total. The molecule has 18 heavy (non-hydrogen) atoms. The number of benzene rings is 1. The number of nitrogens with two attached hydrogens (primary N) is 1. The molecule has 0 saturated heterocycles. The SMILES string of the molecule is CN(Cc1ccc(F)cc1)CC(C)(C)C(=O)NN. The van der Waals surface area contributed by atoms with E-state index in [-0.39, 0.29) is 11.7 Å². The number of amides is 1. The summed E-state index contributed by atoms with van der Waals surface area (Å²) in [5, 5.41) is 0. The Labute approximate surface area is 107 Å². The van der Waals surface area contributed by atoms with Gasteiger partial charge in [-0.05, 0) is 38.6 Å². The third-order valence-electron chi connectivity index (χ3n) is 2.78. The summed E-state index contributed by atoms with van der Waals surface area (Å²) < 4.78 is 12.8. The topological polar surface area (TPSA) is 58.4 Å². The molecule has 0 bridgehead atoms. The van der Waals surface area contributed by atoms with E-state index in [2.05, 4.69) is 5.43 Å². The molecule has 1 rings (SSSR count). The maximum Gasteiger partial charge on any atom is 0.240 e. The molecule has 0 fully saturated rings. The van der Waals surface area contributed by atoms with Crippen LogP contribution in [0.25, 0.3) is 0 Å². The van der Waals surface area contributed by atoms with Crippen molar-refractivity contribution in [2.24, 2.45) is 11.3 Å². The van der Waals surface area contributed by atoms with E-state index in [9.17, 15) is 9.18 Å². The number of nitrogens with one attached hydrogen (secondary N) is 1. The van der Waals surface area contributed by atoms with Gasteiger partial charge in [0.15, 0.2) is 0 Å². The lowest BCUT2D eigenvalue weighted by molar-refractivity contribution is -0.130. The van der Waals surface area contributed by atoms with Crippen molar-refractivity contribution in [3.8, 4) is 0 Å². The normalized spacial score (nSPS) is 11.7. The lowest BCUT2D eigenvalue weighted by atomic mass is 9.92. The van der Waals surface area contributed by atoms with Crippen LogP contribution < -0.4 is 11.3 Å². The summed E-state index contributed by atoms with van der Waals surface area (Å²) in [6.45, 7) is 4.88. The molecule has 0 aliphatic heterocycles. The van der Waals surface area contributed by atoms with Gasteiger partial charge >= 0.3 is 0 Å². The summed E-state index contributed by atoms with van der Waals surface area (Å²) in [4.78, 5) is 13.6. The lowest BCUT2D eigenvalue weighted by Crippen LogP contribution is -2.46. The Kier molecular flexibility index (Phi) is 4.81. The van der Waals surface area contributed by atoms with E-state index in [0.717, 1.165) is 5.56 Å². The van der Waals surface area contributed by atoms with Gasteiger partial charge in [-0.15, -0.1) is 0 Å². The van der Waals surface area contributed by atoms with Crippen LogP contribution >= 0.6 is 0 Å². The van der Waals surface area contributed by atoms with Gasteiger partial charge in [0.05, 0.1) is 5.41 Å². The van der Waals surface area contributed by atoms with Gasteiger partial charge < -0.3 is 4.90 Å². The van der Waals surface area contributed by atoms with Crippen molar-refractivity contribution in [3.63, 3.8) is 0 Å². The maximum absolute atomic E-state index is 12.8. The van der Waals surface area contributed by atoms with Crippen molar-refractivity contribution in [2.75, 3.05) is 13.6 Å². The quantitative estimate of drug-likeness (QED) is 0.472. The first kappa shape index (κ1) is 14.6. The summed E-state index contributed by atoms with van der Waals surface area (Å²) in [5.74, 6) is 4.70. The van der Waals surface area contributed by atoms with Crippen molar-refractivity contribution in [1.29, 1.82) is 0 Å². The minimum Gasteiger partial charge on any atom is -0.301 e. The van der Waals surface area contributed by atoms with Crippen LogP contribution in [0.1, 0.15) is 19.4 Å². The molecule has 0 aromatic heterocycles. The molecule has 0 spiro atoms. The number of carbonyl (C=O) groups is 1. The number of hydrogen-bond acceptors (Lipinski definition) is 3. The van der Waals surface area contributed by atoms with Gasteiger partial charge in [-0.25, -0.2) is 10.2 Å². The van der Waals surface area contributed by atoms with Gasteiger partial charge in [0.1, 0.15) is 5.82 Å². The molecule has 0 heterocycles. The van der Waals surface area contributed by atoms with E-state index in [1.807, 2.05) is 25.8 Å². The standard InChI is InChI=1S/C13H20FN3O/c1-13(2,12(18)16-15)9-17(3)8-10-4-6-11(14)7-5-10/h4-7H,8-9,15H2,1-3H3,(H,16,18). The Balaban J connectivity index is 2.58. The Morgan fingerprint density at radius 1 is 1.39 bits per heavy atom. The largest absolute Gasteiger partial charge is 0.301 e. The zero-order chi connectivity index (χ0) is 13.8. The van der Waals surface area contributed by atoms with Gasteiger partial charge in [0.25, 0.3) is 0 Å². The Morgan fingerprint density at radius 3 is 2.44 bits per heavy atom. The van der Waals surface area contributed by atoms with E-state index < -0.39 is 5.41 Å². The van der Waals surface area contributed by atoms with E-state index >= 15 is 0 Å². The van der Waals surface area contributed by atoms with Crippen LogP contribution in [0.2, 0.25) is 0 Å². The van der Waals surface area contributed by atoms with Gasteiger partial charge in [-0.3, -0.25) is 10.2 Å². The summed E-state index contributed by atoms with van der Waals surface area (Å²) in [6.07, 6.45) is 0. The summed E-state index contributed by atoms with van der Waals surface area (Å²) in [5.41, 5.74) is 2.60. The van der Waals surface area contributed by atoms with Gasteiger partial charge in [0.2, 0.25) is 5.91 Å². The van der Waals surface area contributed by atoms with Crippen LogP contribution in [0.4, 0.5) is 4.39 Å². The van der Waals surface area contributed by atoms with Crippen molar-refractivity contribution in [3.05, 3.63) is 35.6 Å². The minimum atomic E-state index is -0.566. The Hall–Kier alpha value is -1.46. The third-order valence-corrected chi connectivity index (χ3v) is 2.78. The molecule has 0 aliphatic rings. The first-order valence-electron chi connectivity index (χ1n) is 5.79. The predicted octanol–water partition coefficient (Wildman–Crippen LogP) is 1.27. The number of carbonyl (C=O) groups excluding carboxylic acids is 1. The molecule has 1 aromatic rings. The highest BCUT2D eigenvalue weighted by Gasteiger charge is 2.28. The molecule has 0 saturated carbocycles. The predicted molar refractivity (Wildman–Crippen MR) is 68.8 cm³/mol. The van der Waals surface area contributed by atoms with Crippen LogP contribution in [0.15, 0.2) is 24.3 Å². The average Bonchev–Trinajstić information content (AvgIpc) is 2.30. The second kappa shape index (κ2) is 5.93. The summed E-state index contributed by atoms with van der Waals surface area (Å²) in [7, 11) is 1.91. The van der Waals surface area contributed by atoms with Crippen LogP contribution in [0, 0.1) is 11.2 Å². The molecule has 0 unspecified atom stereocenters. The Morgan fingerprint density at radius 2 is 1.94 bits per heavy atom. The zero-order valence-corrected chi connectivity index (χ0v) is 11.0. The smallest absolute Gasteiger partial charge is 0.240 e. The highest BCUT2D eigenvalue weighted by atomic mass is 19.1. The summed E-state index contributed by atoms with van der Waals surface area (Å²) >= 11 is 0. The molecule has 100 valence electrons. The highest BCUT2D eigenvalue weighted by Crippen LogP contribution is 2.17. The fourth-order valence-electron chi connectivity index (χ4n) is 1.90. The minimum absolute atomic E-state index is 0.201. The first-order valence-corrected chi connectivity index (χ1v) is 5.79. The van der Waals surface area contributed by atoms with Gasteiger partial charge in [-0.1, -0.05) is 12.1 Å². The van der Waals surface area contributed by atoms with Crippen LogP contribution in [0.3, 0.4) is 0 Å². The number of nitrogens with zero attached hydrogens (tertiary/aromatic N) is 1. The lowest BCUT2D eigenvalue weighted by Gasteiger charge is -2.28. The molecule has 0 radical (unpaired) electrons. The van der Waals surface area contributed by atoms with Crippen molar-refractivity contribution in [1.82, 2.24) is 10.3 Å². The number of rotatable bonds is 5. The first-order chi connectivity index (χ1) is 8.35. The molecular weight excluding hydrogens is 233 g/mol. The maximum atomic E-state index is 12.8. The van der Waals surface area contributed by atoms with Crippen molar-refractivity contribution >= 4 is 5.91 Å². The Bertz CT molecular complexity index is 403. The average molecular weight is 253 g/mol. The molecule has 3 N–H and O–H groups in total. The van der Waals surface area contributed by atoms with Crippen LogP contribution in [-0.4, -0.2) is 24.4 Å². The van der Waals surface area contributed by atoms with Crippen molar-refractivity contribution < 1.29 is 9.18 Å². The van der Waals surface area contributed by atoms with Gasteiger partial charge in [-0.2, -0.15) is 0 Å². The van der Waals surface area contributed by atoms with E-state index in [0.29, 0.717) is 13.1 Å². The molecule has 0 aliphatic carbocycles. The van der Waals surface area contributed by atoms with E-state index in [4.69, 9.17) is 5.84 Å². The second-order valence-electron chi connectivity index (χ2n) is 5.16. The number of halogens is 1. The third kappa shape index (κ3) is 4.09. The van der Waals surface area contributed by atoms with Gasteiger partial charge in [0, 0.05) is 13.1 Å².